The van der Waals surface area contributed by atoms with E-state index in [1.807, 2.05) is 39.0 Å². The number of nitrogens with zero attached hydrogens (tertiary/aromatic N) is 1. The third-order valence-electron chi connectivity index (χ3n) is 2.97. The number of carbonyl (C=O) groups is 2. The number of aryl methyl sites for hydroxylation is 1. The van der Waals surface area contributed by atoms with E-state index in [0.29, 0.717) is 18.8 Å². The van der Waals surface area contributed by atoms with Crippen molar-refractivity contribution in [2.45, 2.75) is 20.8 Å². The Morgan fingerprint density at radius 3 is 2.48 bits per heavy atom. The predicted molar refractivity (Wildman–Crippen MR) is 92.8 cm³/mol. The lowest BCUT2D eigenvalue weighted by Gasteiger charge is -2.18. The van der Waals surface area contributed by atoms with E-state index in [-0.39, 0.29) is 17.6 Å². The van der Waals surface area contributed by atoms with Gasteiger partial charge in [-0.2, -0.15) is 0 Å². The number of rotatable bonds is 7. The van der Waals surface area contributed by atoms with Gasteiger partial charge in [0.05, 0.1) is 17.2 Å². The van der Waals surface area contributed by atoms with E-state index in [4.69, 9.17) is 0 Å². The van der Waals surface area contributed by atoms with Gasteiger partial charge in [-0.15, -0.1) is 11.8 Å². The Labute approximate surface area is 138 Å². The lowest BCUT2D eigenvalue weighted by Crippen LogP contribution is -2.32. The second kappa shape index (κ2) is 9.10. The van der Waals surface area contributed by atoms with Crippen molar-refractivity contribution in [1.29, 1.82) is 0 Å². The van der Waals surface area contributed by atoms with Crippen molar-refractivity contribution in [3.05, 3.63) is 28.2 Å². The van der Waals surface area contributed by atoms with E-state index < -0.39 is 0 Å². The smallest absolute Gasteiger partial charge is 0.234 e. The minimum atomic E-state index is -0.100. The number of nitrogens with one attached hydrogen (secondary N) is 1. The molecule has 0 aliphatic heterocycles. The van der Waals surface area contributed by atoms with Crippen LogP contribution in [0, 0.1) is 6.92 Å². The third kappa shape index (κ3) is 6.09. The largest absolute Gasteiger partial charge is 0.343 e. The van der Waals surface area contributed by atoms with E-state index in [1.54, 1.807) is 4.90 Å². The van der Waals surface area contributed by atoms with Crippen LogP contribution in [0.5, 0.6) is 0 Å². The summed E-state index contributed by atoms with van der Waals surface area (Å²) in [4.78, 5) is 25.4. The Balaban J connectivity index is 2.39. The van der Waals surface area contributed by atoms with Gasteiger partial charge in [-0.05, 0) is 54.4 Å². The van der Waals surface area contributed by atoms with Crippen LogP contribution in [0.2, 0.25) is 0 Å². The average Bonchev–Trinajstić information content (AvgIpc) is 2.43. The van der Waals surface area contributed by atoms with Crippen molar-refractivity contribution in [3.63, 3.8) is 0 Å². The molecule has 0 aliphatic rings. The van der Waals surface area contributed by atoms with Crippen molar-refractivity contribution in [1.82, 2.24) is 4.90 Å². The monoisotopic (exact) mass is 372 g/mol. The standard InChI is InChI=1S/C15H21BrN2O2S/c1-4-18(5-2)15(20)10-21-9-14(19)17-13-7-6-11(3)8-12(13)16/h6-8H,4-5,9-10H2,1-3H3,(H,17,19). The highest BCUT2D eigenvalue weighted by molar-refractivity contribution is 9.10. The molecule has 21 heavy (non-hydrogen) atoms. The number of thioether (sulfide) groups is 1. The molecule has 0 radical (unpaired) electrons. The van der Waals surface area contributed by atoms with Gasteiger partial charge in [-0.25, -0.2) is 0 Å². The first-order chi connectivity index (χ1) is 9.97. The molecule has 0 saturated heterocycles. The number of hydrogen-bond donors (Lipinski definition) is 1. The molecule has 0 fully saturated rings. The van der Waals surface area contributed by atoms with Crippen LogP contribution in [0.4, 0.5) is 5.69 Å². The van der Waals surface area contributed by atoms with Crippen LogP contribution in [-0.4, -0.2) is 41.3 Å². The Kier molecular flexibility index (Phi) is 7.82. The summed E-state index contributed by atoms with van der Waals surface area (Å²) in [7, 11) is 0. The summed E-state index contributed by atoms with van der Waals surface area (Å²) in [6.45, 7) is 7.31. The fourth-order valence-electron chi connectivity index (χ4n) is 1.81. The minimum absolute atomic E-state index is 0.0781. The summed E-state index contributed by atoms with van der Waals surface area (Å²) < 4.78 is 0.861. The topological polar surface area (TPSA) is 49.4 Å². The van der Waals surface area contributed by atoms with Crippen LogP contribution in [0.1, 0.15) is 19.4 Å². The first-order valence-electron chi connectivity index (χ1n) is 6.89. The molecule has 1 N–H and O–H groups in total. The lowest BCUT2D eigenvalue weighted by molar-refractivity contribution is -0.127. The predicted octanol–water partition coefficient (Wildman–Crippen LogP) is 3.30. The first-order valence-corrected chi connectivity index (χ1v) is 8.84. The van der Waals surface area contributed by atoms with Crippen LogP contribution in [0.15, 0.2) is 22.7 Å². The average molecular weight is 373 g/mol. The van der Waals surface area contributed by atoms with Crippen molar-refractivity contribution >= 4 is 45.2 Å². The number of anilines is 1. The minimum Gasteiger partial charge on any atom is -0.343 e. The Hall–Kier alpha value is -1.01. The summed E-state index contributed by atoms with van der Waals surface area (Å²) in [5.74, 6) is 0.587. The van der Waals surface area contributed by atoms with E-state index >= 15 is 0 Å². The summed E-state index contributed by atoms with van der Waals surface area (Å²) in [5.41, 5.74) is 1.88. The summed E-state index contributed by atoms with van der Waals surface area (Å²) >= 11 is 4.76. The van der Waals surface area contributed by atoms with Crippen LogP contribution in [-0.2, 0) is 9.59 Å². The molecule has 0 spiro atoms. The molecule has 0 aliphatic carbocycles. The van der Waals surface area contributed by atoms with Crippen molar-refractivity contribution in [2.24, 2.45) is 0 Å². The molecule has 0 unspecified atom stereocenters. The molecular formula is C15H21BrN2O2S. The fourth-order valence-corrected chi connectivity index (χ4v) is 3.12. The maximum atomic E-state index is 11.9. The lowest BCUT2D eigenvalue weighted by atomic mass is 10.2. The zero-order valence-corrected chi connectivity index (χ0v) is 15.0. The molecule has 0 heterocycles. The van der Waals surface area contributed by atoms with Gasteiger partial charge in [-0.1, -0.05) is 6.07 Å². The summed E-state index contributed by atoms with van der Waals surface area (Å²) in [5, 5.41) is 2.84. The Morgan fingerprint density at radius 2 is 1.90 bits per heavy atom. The molecule has 0 aromatic heterocycles. The zero-order valence-electron chi connectivity index (χ0n) is 12.6. The number of hydrogen-bond acceptors (Lipinski definition) is 3. The number of carbonyl (C=O) groups excluding carboxylic acids is 2. The summed E-state index contributed by atoms with van der Waals surface area (Å²) in [6, 6.07) is 5.76. The first kappa shape index (κ1) is 18.0. The second-order valence-corrected chi connectivity index (χ2v) is 6.43. The van der Waals surface area contributed by atoms with Gasteiger partial charge in [-0.3, -0.25) is 9.59 Å². The van der Waals surface area contributed by atoms with E-state index in [2.05, 4.69) is 21.2 Å². The molecule has 0 bridgehead atoms. The van der Waals surface area contributed by atoms with Gasteiger partial charge >= 0.3 is 0 Å². The molecule has 1 aromatic rings. The second-order valence-electron chi connectivity index (χ2n) is 4.59. The molecule has 6 heteroatoms. The molecule has 1 rings (SSSR count). The number of amides is 2. The van der Waals surface area contributed by atoms with Gasteiger partial charge in [0.25, 0.3) is 0 Å². The molecule has 2 amide bonds. The van der Waals surface area contributed by atoms with Crippen LogP contribution >= 0.6 is 27.7 Å². The van der Waals surface area contributed by atoms with Gasteiger partial charge in [0.1, 0.15) is 0 Å². The molecule has 0 saturated carbocycles. The number of benzene rings is 1. The summed E-state index contributed by atoms with van der Waals surface area (Å²) in [6.07, 6.45) is 0. The van der Waals surface area contributed by atoms with E-state index in [1.165, 1.54) is 11.8 Å². The SMILES string of the molecule is CCN(CC)C(=O)CSCC(=O)Nc1ccc(C)cc1Br. The highest BCUT2D eigenvalue weighted by Gasteiger charge is 2.11. The highest BCUT2D eigenvalue weighted by Crippen LogP contribution is 2.23. The van der Waals surface area contributed by atoms with Gasteiger partial charge in [0, 0.05) is 17.6 Å². The number of halogens is 1. The van der Waals surface area contributed by atoms with Crippen LogP contribution in [0.25, 0.3) is 0 Å². The van der Waals surface area contributed by atoms with Crippen molar-refractivity contribution in [2.75, 3.05) is 29.9 Å². The molecule has 4 nitrogen and oxygen atoms in total. The van der Waals surface area contributed by atoms with Gasteiger partial charge in [0.15, 0.2) is 0 Å². The maximum Gasteiger partial charge on any atom is 0.234 e. The van der Waals surface area contributed by atoms with E-state index in [0.717, 1.165) is 15.7 Å². The zero-order chi connectivity index (χ0) is 15.8. The third-order valence-corrected chi connectivity index (χ3v) is 4.55. The van der Waals surface area contributed by atoms with Crippen LogP contribution in [0.3, 0.4) is 0 Å². The molecular weight excluding hydrogens is 352 g/mol. The molecule has 0 atom stereocenters. The van der Waals surface area contributed by atoms with Crippen molar-refractivity contribution < 1.29 is 9.59 Å². The van der Waals surface area contributed by atoms with Crippen molar-refractivity contribution in [3.8, 4) is 0 Å². The van der Waals surface area contributed by atoms with Gasteiger partial charge in [0.2, 0.25) is 11.8 Å². The van der Waals surface area contributed by atoms with Crippen LogP contribution < -0.4 is 5.32 Å². The molecule has 1 aromatic carbocycles. The normalized spacial score (nSPS) is 10.3. The Morgan fingerprint density at radius 1 is 1.24 bits per heavy atom. The highest BCUT2D eigenvalue weighted by atomic mass is 79.9. The molecule has 116 valence electrons. The fraction of sp³-hybridized carbons (Fsp3) is 0.467. The van der Waals surface area contributed by atoms with E-state index in [9.17, 15) is 9.59 Å². The maximum absolute atomic E-state index is 11.9. The quantitative estimate of drug-likeness (QED) is 0.798. The van der Waals surface area contributed by atoms with Gasteiger partial charge < -0.3 is 10.2 Å². The Bertz CT molecular complexity index is 504.